The molecular formula is C28H30N2O4. The molecule has 6 heteroatoms. The van der Waals surface area contributed by atoms with E-state index in [-0.39, 0.29) is 29.3 Å². The molecule has 0 spiro atoms. The molecule has 1 heterocycles. The van der Waals surface area contributed by atoms with Crippen molar-refractivity contribution in [2.45, 2.75) is 53.1 Å². The number of ether oxygens (including phenoxy) is 3. The number of allylic oxidation sites excluding steroid dienone is 3. The summed E-state index contributed by atoms with van der Waals surface area (Å²) in [5.41, 5.74) is 10.5. The van der Waals surface area contributed by atoms with Gasteiger partial charge >= 0.3 is 0 Å². The maximum atomic E-state index is 13.2. The maximum Gasteiger partial charge on any atom is 0.205 e. The molecular weight excluding hydrogens is 428 g/mol. The molecule has 2 aromatic carbocycles. The first kappa shape index (κ1) is 23.4. The molecule has 0 saturated carbocycles. The van der Waals surface area contributed by atoms with E-state index in [2.05, 4.69) is 12.1 Å². The summed E-state index contributed by atoms with van der Waals surface area (Å²) in [5, 5.41) is 9.90. The topological polar surface area (TPSA) is 94.6 Å². The number of nitriles is 1. The molecule has 1 aliphatic carbocycles. The third kappa shape index (κ3) is 4.51. The van der Waals surface area contributed by atoms with Crippen LogP contribution in [0.1, 0.15) is 54.9 Å². The number of aryl methyl sites for hydroxylation is 2. The summed E-state index contributed by atoms with van der Waals surface area (Å²) in [4.78, 5) is 13.2. The van der Waals surface area contributed by atoms with Crippen LogP contribution in [0.4, 0.5) is 0 Å². The lowest BCUT2D eigenvalue weighted by molar-refractivity contribution is -0.119. The Morgan fingerprint density at radius 1 is 1.15 bits per heavy atom. The summed E-state index contributed by atoms with van der Waals surface area (Å²) in [6.07, 6.45) is 0.978. The zero-order valence-electron chi connectivity index (χ0n) is 20.3. The molecule has 2 N–H and O–H groups in total. The van der Waals surface area contributed by atoms with Gasteiger partial charge in [0.15, 0.2) is 5.78 Å². The van der Waals surface area contributed by atoms with Crippen molar-refractivity contribution < 1.29 is 19.0 Å². The quantitative estimate of drug-likeness (QED) is 0.650. The van der Waals surface area contributed by atoms with Crippen molar-refractivity contribution in [2.24, 2.45) is 11.1 Å². The second kappa shape index (κ2) is 8.90. The number of hydrogen-bond donors (Lipinski definition) is 1. The van der Waals surface area contributed by atoms with Crippen LogP contribution in [0, 0.1) is 30.6 Å². The van der Waals surface area contributed by atoms with E-state index in [1.54, 1.807) is 7.11 Å². The highest BCUT2D eigenvalue weighted by molar-refractivity contribution is 6.00. The minimum absolute atomic E-state index is 0.0136. The third-order valence-corrected chi connectivity index (χ3v) is 6.30. The van der Waals surface area contributed by atoms with Crippen LogP contribution in [0.5, 0.6) is 11.5 Å². The highest BCUT2D eigenvalue weighted by atomic mass is 16.5. The smallest absolute Gasteiger partial charge is 0.205 e. The molecule has 4 rings (SSSR count). The Hall–Kier alpha value is -3.72. The third-order valence-electron chi connectivity index (χ3n) is 6.30. The molecule has 1 aliphatic heterocycles. The van der Waals surface area contributed by atoms with Crippen molar-refractivity contribution in [2.75, 3.05) is 7.11 Å². The zero-order valence-corrected chi connectivity index (χ0v) is 20.3. The van der Waals surface area contributed by atoms with E-state index < -0.39 is 5.92 Å². The summed E-state index contributed by atoms with van der Waals surface area (Å²) in [7, 11) is 1.61. The molecule has 0 fully saturated rings. The van der Waals surface area contributed by atoms with E-state index in [4.69, 9.17) is 19.9 Å². The molecule has 34 heavy (non-hydrogen) atoms. The number of nitrogens with zero attached hydrogens (tertiary/aromatic N) is 1. The molecule has 0 bridgehead atoms. The first-order chi connectivity index (χ1) is 16.1. The molecule has 2 aliphatic rings. The van der Waals surface area contributed by atoms with Crippen molar-refractivity contribution in [3.05, 3.63) is 81.4 Å². The van der Waals surface area contributed by atoms with Crippen molar-refractivity contribution in [3.63, 3.8) is 0 Å². The van der Waals surface area contributed by atoms with Crippen LogP contribution < -0.4 is 15.2 Å². The number of methoxy groups -OCH3 is 1. The number of nitrogens with two attached hydrogens (primary N) is 1. The van der Waals surface area contributed by atoms with Gasteiger partial charge in [-0.25, -0.2) is 0 Å². The van der Waals surface area contributed by atoms with Gasteiger partial charge in [0, 0.05) is 24.0 Å². The van der Waals surface area contributed by atoms with Gasteiger partial charge in [0.1, 0.15) is 35.5 Å². The number of hydrogen-bond acceptors (Lipinski definition) is 6. The molecule has 1 atom stereocenters. The second-order valence-electron chi connectivity index (χ2n) is 9.89. The summed E-state index contributed by atoms with van der Waals surface area (Å²) >= 11 is 0. The lowest BCUT2D eigenvalue weighted by Crippen LogP contribution is -2.33. The van der Waals surface area contributed by atoms with Gasteiger partial charge in [0.25, 0.3) is 0 Å². The molecule has 0 saturated heterocycles. The van der Waals surface area contributed by atoms with Gasteiger partial charge in [0.05, 0.1) is 13.0 Å². The Morgan fingerprint density at radius 3 is 2.50 bits per heavy atom. The van der Waals surface area contributed by atoms with Gasteiger partial charge < -0.3 is 19.9 Å². The predicted molar refractivity (Wildman–Crippen MR) is 129 cm³/mol. The fourth-order valence-electron chi connectivity index (χ4n) is 4.89. The molecule has 176 valence electrons. The molecule has 0 radical (unpaired) electrons. The maximum absolute atomic E-state index is 13.2. The van der Waals surface area contributed by atoms with Gasteiger partial charge in [-0.15, -0.1) is 0 Å². The molecule has 0 aromatic heterocycles. The Kier molecular flexibility index (Phi) is 6.14. The number of carbonyl (C=O) groups excluding carboxylic acids is 1. The van der Waals surface area contributed by atoms with Crippen LogP contribution in [0.2, 0.25) is 0 Å². The Labute approximate surface area is 200 Å². The minimum atomic E-state index is -0.580. The number of carbonyl (C=O) groups is 1. The largest absolute Gasteiger partial charge is 0.496 e. The minimum Gasteiger partial charge on any atom is -0.496 e. The van der Waals surface area contributed by atoms with Crippen LogP contribution in [0.25, 0.3) is 0 Å². The first-order valence-electron chi connectivity index (χ1n) is 11.3. The highest BCUT2D eigenvalue weighted by Gasteiger charge is 2.43. The summed E-state index contributed by atoms with van der Waals surface area (Å²) in [5.74, 6) is 1.46. The van der Waals surface area contributed by atoms with Crippen molar-refractivity contribution >= 4 is 5.78 Å². The van der Waals surface area contributed by atoms with Crippen LogP contribution in [-0.4, -0.2) is 12.9 Å². The van der Waals surface area contributed by atoms with E-state index in [9.17, 15) is 10.1 Å². The summed E-state index contributed by atoms with van der Waals surface area (Å²) in [6, 6.07) is 13.9. The number of rotatable bonds is 5. The first-order valence-corrected chi connectivity index (χ1v) is 11.3. The lowest BCUT2D eigenvalue weighted by atomic mass is 9.70. The van der Waals surface area contributed by atoms with Crippen LogP contribution in [-0.2, 0) is 16.1 Å². The van der Waals surface area contributed by atoms with Crippen molar-refractivity contribution in [3.8, 4) is 17.6 Å². The van der Waals surface area contributed by atoms with Crippen LogP contribution in [0.3, 0.4) is 0 Å². The molecule has 6 nitrogen and oxygen atoms in total. The predicted octanol–water partition coefficient (Wildman–Crippen LogP) is 5.34. The lowest BCUT2D eigenvalue weighted by Gasteiger charge is -2.37. The van der Waals surface area contributed by atoms with E-state index >= 15 is 0 Å². The van der Waals surface area contributed by atoms with Gasteiger partial charge in [-0.1, -0.05) is 26.0 Å². The second-order valence-corrected chi connectivity index (χ2v) is 9.89. The Bertz CT molecular complexity index is 1240. The van der Waals surface area contributed by atoms with E-state index in [0.717, 1.165) is 28.0 Å². The SMILES string of the molecule is COc1ccc([C@H]2C(C#N)=C(N)OC3=C2C(=O)CC(C)(C)C3)cc1COc1cc(C)cc(C)c1. The van der Waals surface area contributed by atoms with E-state index in [1.165, 1.54) is 0 Å². The fraction of sp³-hybridized carbons (Fsp3) is 0.357. The number of benzene rings is 2. The van der Waals surface area contributed by atoms with Crippen LogP contribution in [0.15, 0.2) is 59.2 Å². The monoisotopic (exact) mass is 458 g/mol. The van der Waals surface area contributed by atoms with Gasteiger partial charge in [-0.05, 0) is 60.2 Å². The zero-order chi connectivity index (χ0) is 24.6. The summed E-state index contributed by atoms with van der Waals surface area (Å²) < 4.78 is 17.4. The highest BCUT2D eigenvalue weighted by Crippen LogP contribution is 2.48. The van der Waals surface area contributed by atoms with Gasteiger partial charge in [-0.3, -0.25) is 4.79 Å². The van der Waals surface area contributed by atoms with E-state index in [0.29, 0.717) is 29.9 Å². The molecule has 0 amide bonds. The Morgan fingerprint density at radius 2 is 1.85 bits per heavy atom. The van der Waals surface area contributed by atoms with Gasteiger partial charge in [-0.2, -0.15) is 5.26 Å². The number of Topliss-reactive ketones (excluding diaryl/α,β-unsaturated/α-hetero) is 1. The van der Waals surface area contributed by atoms with Gasteiger partial charge in [0.2, 0.25) is 5.88 Å². The number of ketones is 1. The average molecular weight is 459 g/mol. The van der Waals surface area contributed by atoms with E-state index in [1.807, 2.05) is 58.0 Å². The average Bonchev–Trinajstić information content (AvgIpc) is 2.75. The Balaban J connectivity index is 1.75. The fourth-order valence-corrected chi connectivity index (χ4v) is 4.89. The normalized spacial score (nSPS) is 19.3. The van der Waals surface area contributed by atoms with Crippen molar-refractivity contribution in [1.29, 1.82) is 5.26 Å². The molecule has 2 aromatic rings. The van der Waals surface area contributed by atoms with Crippen molar-refractivity contribution in [1.82, 2.24) is 0 Å². The molecule has 0 unspecified atom stereocenters. The standard InChI is InChI=1S/C28H30N2O4/c1-16-8-17(2)10-20(9-16)33-15-19-11-18(6-7-23(19)32-5)25-21(14-29)27(30)34-24-13-28(3,4)12-22(31)26(24)25/h6-11,25H,12-13,15,30H2,1-5H3/t25-/m0/s1. The summed E-state index contributed by atoms with van der Waals surface area (Å²) in [6.45, 7) is 8.39. The van der Waals surface area contributed by atoms with Crippen LogP contribution >= 0.6 is 0 Å².